The molecule has 164 valence electrons. The number of carboxylic acids is 1. The van der Waals surface area contributed by atoms with Crippen LogP contribution in [0.5, 0.6) is 0 Å². The topological polar surface area (TPSA) is 95.5 Å². The maximum atomic E-state index is 12.1. The third kappa shape index (κ3) is 8.41. The van der Waals surface area contributed by atoms with Gasteiger partial charge in [0.15, 0.2) is 0 Å². The van der Waals surface area contributed by atoms with Crippen LogP contribution in [0.3, 0.4) is 0 Å². The van der Waals surface area contributed by atoms with Crippen molar-refractivity contribution in [3.8, 4) is 0 Å². The monoisotopic (exact) mass is 424 g/mol. The van der Waals surface area contributed by atoms with Gasteiger partial charge in [-0.25, -0.2) is 0 Å². The maximum Gasteiger partial charge on any atom is 0.303 e. The molecule has 2 amide bonds. The number of hydrogen-bond donors (Lipinski definition) is 3. The summed E-state index contributed by atoms with van der Waals surface area (Å²) in [5.41, 5.74) is 0. The van der Waals surface area contributed by atoms with Gasteiger partial charge in [0.1, 0.15) is 0 Å². The fourth-order valence-corrected chi connectivity index (χ4v) is 6.33. The minimum Gasteiger partial charge on any atom is -0.481 e. The molecule has 2 bridgehead atoms. The number of nitrogens with one attached hydrogen (secondary N) is 2. The van der Waals surface area contributed by atoms with Crippen molar-refractivity contribution in [3.63, 3.8) is 0 Å². The molecule has 2 aliphatic rings. The van der Waals surface area contributed by atoms with E-state index in [0.717, 1.165) is 32.1 Å². The summed E-state index contributed by atoms with van der Waals surface area (Å²) in [6.07, 6.45) is 13.0. The molecule has 3 N–H and O–H groups in total. The highest BCUT2D eigenvalue weighted by atomic mass is 32.2. The van der Waals surface area contributed by atoms with E-state index in [1.165, 1.54) is 12.8 Å². The van der Waals surface area contributed by atoms with Crippen molar-refractivity contribution >= 4 is 29.5 Å². The molecule has 0 radical (unpaired) electrons. The molecule has 2 rings (SSSR count). The number of carbonyl (C=O) groups excluding carboxylic acids is 2. The zero-order valence-corrected chi connectivity index (χ0v) is 18.3. The average Bonchev–Trinajstić information content (AvgIpc) is 3.29. The van der Waals surface area contributed by atoms with Crippen LogP contribution >= 0.6 is 11.8 Å². The Bertz CT molecular complexity index is 581. The number of unbranched alkanes of at least 4 members (excludes halogenated alkanes) is 3. The van der Waals surface area contributed by atoms with E-state index in [2.05, 4.69) is 41.5 Å². The fourth-order valence-electron chi connectivity index (χ4n) is 4.32. The summed E-state index contributed by atoms with van der Waals surface area (Å²) in [7, 11) is 0. The molecule has 0 aromatic heterocycles. The highest BCUT2D eigenvalue weighted by molar-refractivity contribution is 8.01. The molecule has 2 heterocycles. The van der Waals surface area contributed by atoms with Crippen molar-refractivity contribution < 1.29 is 19.5 Å². The van der Waals surface area contributed by atoms with Gasteiger partial charge in [-0.3, -0.25) is 14.4 Å². The van der Waals surface area contributed by atoms with Crippen LogP contribution in [0.2, 0.25) is 0 Å². The third-order valence-corrected chi connectivity index (χ3v) is 7.78. The van der Waals surface area contributed by atoms with Gasteiger partial charge in [0, 0.05) is 29.9 Å². The van der Waals surface area contributed by atoms with Gasteiger partial charge < -0.3 is 15.7 Å². The summed E-state index contributed by atoms with van der Waals surface area (Å²) >= 11 is 2.07. The number of carbonyl (C=O) groups is 3. The molecule has 0 unspecified atom stereocenters. The van der Waals surface area contributed by atoms with Crippen LogP contribution in [0.15, 0.2) is 12.2 Å². The predicted octanol–water partition coefficient (Wildman–Crippen LogP) is 3.51. The summed E-state index contributed by atoms with van der Waals surface area (Å²) in [6, 6.07) is 0. The van der Waals surface area contributed by atoms with Crippen LogP contribution in [0.1, 0.15) is 71.1 Å². The molecular weight excluding hydrogens is 388 g/mol. The van der Waals surface area contributed by atoms with Crippen LogP contribution in [-0.2, 0) is 14.4 Å². The zero-order valence-electron chi connectivity index (χ0n) is 17.5. The van der Waals surface area contributed by atoms with Crippen molar-refractivity contribution in [3.05, 3.63) is 12.2 Å². The molecule has 2 aliphatic heterocycles. The molecule has 2 saturated heterocycles. The molecule has 0 spiro atoms. The number of amides is 2. The summed E-state index contributed by atoms with van der Waals surface area (Å²) in [4.78, 5) is 34.4. The first-order valence-electron chi connectivity index (χ1n) is 11.1. The lowest BCUT2D eigenvalue weighted by atomic mass is 9.77. The first kappa shape index (κ1) is 23.8. The molecule has 7 heteroatoms. The van der Waals surface area contributed by atoms with Gasteiger partial charge in [-0.1, -0.05) is 31.9 Å². The highest BCUT2D eigenvalue weighted by Crippen LogP contribution is 2.54. The van der Waals surface area contributed by atoms with Gasteiger partial charge in [-0.2, -0.15) is 11.8 Å². The number of thioether (sulfide) groups is 1. The lowest BCUT2D eigenvalue weighted by Gasteiger charge is -2.29. The van der Waals surface area contributed by atoms with Gasteiger partial charge in [0.2, 0.25) is 11.8 Å². The zero-order chi connectivity index (χ0) is 21.1. The van der Waals surface area contributed by atoms with E-state index in [-0.39, 0.29) is 24.8 Å². The summed E-state index contributed by atoms with van der Waals surface area (Å²) in [5, 5.41) is 15.7. The molecule has 2 fully saturated rings. The third-order valence-electron chi connectivity index (χ3n) is 5.92. The number of hydrogen-bond acceptors (Lipinski definition) is 4. The Kier molecular flexibility index (Phi) is 10.6. The maximum absolute atomic E-state index is 12.1. The molecule has 0 aliphatic carbocycles. The first-order chi connectivity index (χ1) is 14.0. The van der Waals surface area contributed by atoms with E-state index in [9.17, 15) is 14.4 Å². The van der Waals surface area contributed by atoms with Crippen molar-refractivity contribution in [1.82, 2.24) is 10.6 Å². The number of aliphatic carboxylic acids is 1. The van der Waals surface area contributed by atoms with E-state index in [1.807, 2.05) is 0 Å². The second-order valence-electron chi connectivity index (χ2n) is 8.15. The summed E-state index contributed by atoms with van der Waals surface area (Å²) in [6.45, 7) is 2.84. The second-order valence-corrected chi connectivity index (χ2v) is 9.63. The molecule has 6 nitrogen and oxygen atoms in total. The second kappa shape index (κ2) is 12.9. The standard InChI is InChI=1S/C22H36N2O4S/c1-2-3-6-10-20(25)24-15-21(26)23-14-17-16(18-12-13-19(17)29-18)9-7-4-5-8-11-22(27)28/h4,7,16-19H,2-3,5-6,8-15H2,1H3,(H,23,26)(H,24,25)(H,27,28)/t16-,17+,18-,19+/m1/s1. The summed E-state index contributed by atoms with van der Waals surface area (Å²) in [5.74, 6) is 0.153. The molecule has 29 heavy (non-hydrogen) atoms. The smallest absolute Gasteiger partial charge is 0.303 e. The van der Waals surface area contributed by atoms with Crippen molar-refractivity contribution in [2.45, 2.75) is 81.6 Å². The minimum absolute atomic E-state index is 0.0463. The van der Waals surface area contributed by atoms with Crippen LogP contribution < -0.4 is 10.6 Å². The van der Waals surface area contributed by atoms with Crippen LogP contribution in [0, 0.1) is 11.8 Å². The van der Waals surface area contributed by atoms with Crippen LogP contribution in [-0.4, -0.2) is 46.5 Å². The van der Waals surface area contributed by atoms with Gasteiger partial charge >= 0.3 is 5.97 Å². The first-order valence-corrected chi connectivity index (χ1v) is 12.0. The number of fused-ring (bicyclic) bond motifs is 2. The van der Waals surface area contributed by atoms with E-state index in [4.69, 9.17) is 5.11 Å². The normalized spacial score (nSPS) is 25.4. The molecule has 4 atom stereocenters. The predicted molar refractivity (Wildman–Crippen MR) is 117 cm³/mol. The van der Waals surface area contributed by atoms with E-state index in [1.54, 1.807) is 0 Å². The highest BCUT2D eigenvalue weighted by Gasteiger charge is 2.47. The number of carboxylic acid groups (broad SMARTS) is 1. The molecular formula is C22H36N2O4S. The molecule has 0 saturated carbocycles. The van der Waals surface area contributed by atoms with Crippen molar-refractivity contribution in [1.29, 1.82) is 0 Å². The SMILES string of the molecule is CCCCCC(=O)NCC(=O)NC[C@H]1[C@@H](CC=CCCCC(=O)O)[C@H]2CC[C@@H]1S2. The van der Waals surface area contributed by atoms with Gasteiger partial charge in [-0.15, -0.1) is 0 Å². The Morgan fingerprint density at radius 2 is 1.72 bits per heavy atom. The minimum atomic E-state index is -0.740. The Morgan fingerprint density at radius 1 is 0.966 bits per heavy atom. The Labute approximate surface area is 178 Å². The van der Waals surface area contributed by atoms with E-state index in [0.29, 0.717) is 41.7 Å². The van der Waals surface area contributed by atoms with Gasteiger partial charge in [0.05, 0.1) is 6.54 Å². The number of allylic oxidation sites excluding steroid dienone is 2. The molecule has 0 aromatic rings. The average molecular weight is 425 g/mol. The van der Waals surface area contributed by atoms with Gasteiger partial charge in [0.25, 0.3) is 0 Å². The van der Waals surface area contributed by atoms with Gasteiger partial charge in [-0.05, 0) is 50.4 Å². The number of rotatable bonds is 14. The summed E-state index contributed by atoms with van der Waals surface area (Å²) < 4.78 is 0. The van der Waals surface area contributed by atoms with Crippen LogP contribution in [0.4, 0.5) is 0 Å². The van der Waals surface area contributed by atoms with E-state index < -0.39 is 5.97 Å². The Balaban J connectivity index is 1.68. The Hall–Kier alpha value is -1.50. The van der Waals surface area contributed by atoms with Crippen molar-refractivity contribution in [2.75, 3.05) is 13.1 Å². The largest absolute Gasteiger partial charge is 0.481 e. The van der Waals surface area contributed by atoms with E-state index >= 15 is 0 Å². The molecule has 0 aromatic carbocycles. The fraction of sp³-hybridized carbons (Fsp3) is 0.773. The van der Waals surface area contributed by atoms with Crippen molar-refractivity contribution in [2.24, 2.45) is 11.8 Å². The quantitative estimate of drug-likeness (QED) is 0.293. The lowest BCUT2D eigenvalue weighted by molar-refractivity contribution is -0.137. The Morgan fingerprint density at radius 3 is 2.45 bits per heavy atom. The lowest BCUT2D eigenvalue weighted by Crippen LogP contribution is -2.42. The van der Waals surface area contributed by atoms with Crippen LogP contribution in [0.25, 0.3) is 0 Å².